The predicted octanol–water partition coefficient (Wildman–Crippen LogP) is 0.657. The highest BCUT2D eigenvalue weighted by Crippen LogP contribution is 2.01. The maximum atomic E-state index is 11.0. The van der Waals surface area contributed by atoms with Crippen LogP contribution in [0.2, 0.25) is 0 Å². The molecule has 3 nitrogen and oxygen atoms in total. The third-order valence-electron chi connectivity index (χ3n) is 1.58. The topological polar surface area (TPSA) is 32.7 Å². The largest absolute Gasteiger partial charge is 0.306 e. The van der Waals surface area contributed by atoms with Crippen molar-refractivity contribution in [2.45, 2.75) is 19.3 Å². The molecular weight excluding hydrogens is 128 g/mol. The summed E-state index contributed by atoms with van der Waals surface area (Å²) in [4.78, 5) is 16.6. The first-order valence-electron chi connectivity index (χ1n) is 3.56. The van der Waals surface area contributed by atoms with E-state index >= 15 is 0 Å². The van der Waals surface area contributed by atoms with Crippen molar-refractivity contribution in [3.8, 4) is 0 Å². The van der Waals surface area contributed by atoms with Crippen LogP contribution in [-0.4, -0.2) is 30.7 Å². The Morgan fingerprint density at radius 3 is 3.20 bits per heavy atom. The number of carbonyl (C=O) groups is 1. The van der Waals surface area contributed by atoms with Crippen molar-refractivity contribution in [2.75, 3.05) is 13.6 Å². The van der Waals surface area contributed by atoms with Gasteiger partial charge in [0, 0.05) is 20.0 Å². The third kappa shape index (κ3) is 1.83. The summed E-state index contributed by atoms with van der Waals surface area (Å²) in [5.74, 6) is 0.170. The lowest BCUT2D eigenvalue weighted by atomic mass is 10.2. The lowest BCUT2D eigenvalue weighted by molar-refractivity contribution is -0.126. The standard InChI is InChI=1S/C7H12N2O/c1-9-6-8-5-3-2-4-7(9)10/h6H,2-5H2,1H3. The minimum atomic E-state index is 0.170. The van der Waals surface area contributed by atoms with Gasteiger partial charge in [-0.3, -0.25) is 9.79 Å². The van der Waals surface area contributed by atoms with Gasteiger partial charge in [-0.1, -0.05) is 0 Å². The highest BCUT2D eigenvalue weighted by atomic mass is 16.2. The van der Waals surface area contributed by atoms with E-state index in [-0.39, 0.29) is 5.91 Å². The van der Waals surface area contributed by atoms with E-state index in [0.29, 0.717) is 6.42 Å². The molecule has 0 N–H and O–H groups in total. The van der Waals surface area contributed by atoms with Crippen LogP contribution < -0.4 is 0 Å². The zero-order valence-corrected chi connectivity index (χ0v) is 6.21. The Balaban J connectivity index is 2.53. The lowest BCUT2D eigenvalue weighted by Gasteiger charge is -2.12. The Bertz CT molecular complexity index is 154. The summed E-state index contributed by atoms with van der Waals surface area (Å²) in [6.07, 6.45) is 4.29. The van der Waals surface area contributed by atoms with Crippen LogP contribution in [0.1, 0.15) is 19.3 Å². The van der Waals surface area contributed by atoms with Crippen LogP contribution in [0.4, 0.5) is 0 Å². The summed E-state index contributed by atoms with van der Waals surface area (Å²) in [6.45, 7) is 0.859. The fraction of sp³-hybridized carbons (Fsp3) is 0.714. The van der Waals surface area contributed by atoms with Gasteiger partial charge < -0.3 is 4.90 Å². The Hall–Kier alpha value is -0.860. The molecule has 0 fully saturated rings. The van der Waals surface area contributed by atoms with Gasteiger partial charge in [0.15, 0.2) is 0 Å². The summed E-state index contributed by atoms with van der Waals surface area (Å²) in [5, 5.41) is 0. The second kappa shape index (κ2) is 3.34. The van der Waals surface area contributed by atoms with Gasteiger partial charge in [0.05, 0.1) is 6.34 Å². The summed E-state index contributed by atoms with van der Waals surface area (Å²) in [7, 11) is 1.75. The quantitative estimate of drug-likeness (QED) is 0.486. The van der Waals surface area contributed by atoms with Crippen LogP contribution in [0.15, 0.2) is 4.99 Å². The van der Waals surface area contributed by atoms with E-state index in [0.717, 1.165) is 19.4 Å². The Labute approximate surface area is 60.7 Å². The first-order valence-corrected chi connectivity index (χ1v) is 3.56. The van der Waals surface area contributed by atoms with Gasteiger partial charge in [-0.05, 0) is 12.8 Å². The van der Waals surface area contributed by atoms with E-state index in [2.05, 4.69) is 4.99 Å². The molecule has 10 heavy (non-hydrogen) atoms. The molecule has 0 saturated carbocycles. The molecule has 0 unspecified atom stereocenters. The molecule has 0 radical (unpaired) electrons. The first-order chi connectivity index (χ1) is 4.80. The maximum Gasteiger partial charge on any atom is 0.227 e. The van der Waals surface area contributed by atoms with E-state index in [1.54, 1.807) is 18.3 Å². The normalized spacial score (nSPS) is 20.5. The van der Waals surface area contributed by atoms with Crippen molar-refractivity contribution in [2.24, 2.45) is 4.99 Å². The molecule has 1 aliphatic heterocycles. The van der Waals surface area contributed by atoms with Crippen molar-refractivity contribution in [1.29, 1.82) is 0 Å². The van der Waals surface area contributed by atoms with E-state index in [4.69, 9.17) is 0 Å². The van der Waals surface area contributed by atoms with Gasteiger partial charge in [-0.25, -0.2) is 0 Å². The molecular formula is C7H12N2O. The minimum Gasteiger partial charge on any atom is -0.306 e. The van der Waals surface area contributed by atoms with Crippen molar-refractivity contribution in [1.82, 2.24) is 4.90 Å². The summed E-state index contributed by atoms with van der Waals surface area (Å²) in [6, 6.07) is 0. The Kier molecular flexibility index (Phi) is 2.42. The van der Waals surface area contributed by atoms with Crippen molar-refractivity contribution in [3.05, 3.63) is 0 Å². The molecule has 1 aliphatic rings. The van der Waals surface area contributed by atoms with Crippen molar-refractivity contribution in [3.63, 3.8) is 0 Å². The molecule has 0 spiro atoms. The highest BCUT2D eigenvalue weighted by Gasteiger charge is 2.06. The second-order valence-electron chi connectivity index (χ2n) is 2.48. The number of hydrogen-bond acceptors (Lipinski definition) is 2. The predicted molar refractivity (Wildman–Crippen MR) is 40.0 cm³/mol. The van der Waals surface area contributed by atoms with Crippen LogP contribution in [0, 0.1) is 0 Å². The van der Waals surface area contributed by atoms with Crippen LogP contribution >= 0.6 is 0 Å². The number of carbonyl (C=O) groups excluding carboxylic acids is 1. The molecule has 0 aromatic rings. The fourth-order valence-corrected chi connectivity index (χ4v) is 0.900. The Morgan fingerprint density at radius 1 is 1.60 bits per heavy atom. The molecule has 0 bridgehead atoms. The summed E-state index contributed by atoms with van der Waals surface area (Å²) < 4.78 is 0. The van der Waals surface area contributed by atoms with Gasteiger partial charge in [-0.15, -0.1) is 0 Å². The van der Waals surface area contributed by atoms with E-state index < -0.39 is 0 Å². The zero-order chi connectivity index (χ0) is 7.40. The molecule has 0 aliphatic carbocycles. The van der Waals surface area contributed by atoms with Gasteiger partial charge in [0.2, 0.25) is 5.91 Å². The number of rotatable bonds is 0. The number of nitrogens with zero attached hydrogens (tertiary/aromatic N) is 2. The highest BCUT2D eigenvalue weighted by molar-refractivity contribution is 5.87. The van der Waals surface area contributed by atoms with Gasteiger partial charge in [-0.2, -0.15) is 0 Å². The van der Waals surface area contributed by atoms with E-state index in [1.807, 2.05) is 0 Å². The summed E-state index contributed by atoms with van der Waals surface area (Å²) >= 11 is 0. The van der Waals surface area contributed by atoms with Crippen molar-refractivity contribution < 1.29 is 4.79 Å². The smallest absolute Gasteiger partial charge is 0.227 e. The molecule has 0 aromatic carbocycles. The molecule has 1 heterocycles. The van der Waals surface area contributed by atoms with Crippen LogP contribution in [0.5, 0.6) is 0 Å². The van der Waals surface area contributed by atoms with Gasteiger partial charge in [0.25, 0.3) is 0 Å². The Morgan fingerprint density at radius 2 is 2.40 bits per heavy atom. The molecule has 3 heteroatoms. The SMILES string of the molecule is CN1C=NCCCCC1=O. The van der Waals surface area contributed by atoms with Gasteiger partial charge in [0.1, 0.15) is 0 Å². The fourth-order valence-electron chi connectivity index (χ4n) is 0.900. The molecule has 56 valence electrons. The minimum absolute atomic E-state index is 0.170. The molecule has 0 atom stereocenters. The maximum absolute atomic E-state index is 11.0. The number of aliphatic imine (C=N–C) groups is 1. The molecule has 1 amide bonds. The van der Waals surface area contributed by atoms with Gasteiger partial charge >= 0.3 is 0 Å². The molecule has 0 saturated heterocycles. The zero-order valence-electron chi connectivity index (χ0n) is 6.21. The molecule has 1 rings (SSSR count). The third-order valence-corrected chi connectivity index (χ3v) is 1.58. The average Bonchev–Trinajstić information content (AvgIpc) is 1.92. The monoisotopic (exact) mass is 140 g/mol. The first kappa shape index (κ1) is 7.25. The number of amides is 1. The van der Waals surface area contributed by atoms with Crippen LogP contribution in [0.25, 0.3) is 0 Å². The van der Waals surface area contributed by atoms with Crippen LogP contribution in [0.3, 0.4) is 0 Å². The van der Waals surface area contributed by atoms with Crippen LogP contribution in [-0.2, 0) is 4.79 Å². The van der Waals surface area contributed by atoms with E-state index in [9.17, 15) is 4.79 Å². The van der Waals surface area contributed by atoms with Crippen molar-refractivity contribution >= 4 is 12.2 Å². The number of hydrogen-bond donors (Lipinski definition) is 0. The van der Waals surface area contributed by atoms with E-state index in [1.165, 1.54) is 0 Å². The average molecular weight is 140 g/mol. The lowest BCUT2D eigenvalue weighted by Crippen LogP contribution is -2.25. The second-order valence-corrected chi connectivity index (χ2v) is 2.48. The summed E-state index contributed by atoms with van der Waals surface area (Å²) in [5.41, 5.74) is 0. The molecule has 0 aromatic heterocycles.